The van der Waals surface area contributed by atoms with Crippen LogP contribution in [0.15, 0.2) is 24.3 Å². The molecule has 0 amide bonds. The molecule has 16 heavy (non-hydrogen) atoms. The third-order valence-corrected chi connectivity index (χ3v) is 4.87. The van der Waals surface area contributed by atoms with Gasteiger partial charge in [-0.25, -0.2) is 4.39 Å². The van der Waals surface area contributed by atoms with E-state index in [2.05, 4.69) is 0 Å². The van der Waals surface area contributed by atoms with Crippen molar-refractivity contribution in [2.45, 2.75) is 30.5 Å². The molecule has 2 N–H and O–H groups in total. The molecule has 0 spiro atoms. The molecule has 0 radical (unpaired) electrons. The van der Waals surface area contributed by atoms with E-state index >= 15 is 0 Å². The summed E-state index contributed by atoms with van der Waals surface area (Å²) in [7, 11) is 0. The average molecular weight is 237 g/mol. The third-order valence-electron chi connectivity index (χ3n) is 3.72. The maximum absolute atomic E-state index is 14.6. The molecule has 0 bridgehead atoms. The summed E-state index contributed by atoms with van der Waals surface area (Å²) in [6.45, 7) is 0. The van der Waals surface area contributed by atoms with Crippen LogP contribution in [0.3, 0.4) is 0 Å². The number of thioether (sulfide) groups is 1. The van der Waals surface area contributed by atoms with Crippen LogP contribution in [-0.4, -0.2) is 11.5 Å². The number of alkyl halides is 1. The molecule has 1 atom stereocenters. The van der Waals surface area contributed by atoms with Gasteiger partial charge in [0.1, 0.15) is 5.67 Å². The number of halogens is 1. The van der Waals surface area contributed by atoms with E-state index in [1.807, 2.05) is 24.3 Å². The summed E-state index contributed by atoms with van der Waals surface area (Å²) >= 11 is 1.70. The zero-order valence-corrected chi connectivity index (χ0v) is 10.0. The second-order valence-electron chi connectivity index (χ2n) is 5.00. The van der Waals surface area contributed by atoms with Crippen molar-refractivity contribution in [1.29, 1.82) is 0 Å². The standard InChI is InChI=1S/C13H16FNS/c14-12(6-7-16-9-12)10-2-1-3-11(8-10)13(15)4-5-13/h1-3,8H,4-7,9,15H2. The van der Waals surface area contributed by atoms with E-state index in [1.165, 1.54) is 0 Å². The predicted octanol–water partition coefficient (Wildman–Crippen LogP) is 2.94. The van der Waals surface area contributed by atoms with Gasteiger partial charge in [-0.15, -0.1) is 0 Å². The van der Waals surface area contributed by atoms with Crippen LogP contribution in [0.5, 0.6) is 0 Å². The summed E-state index contributed by atoms with van der Waals surface area (Å²) < 4.78 is 14.6. The van der Waals surface area contributed by atoms with Crippen LogP contribution in [0, 0.1) is 0 Å². The molecule has 1 saturated heterocycles. The monoisotopic (exact) mass is 237 g/mol. The molecule has 86 valence electrons. The second kappa shape index (κ2) is 3.47. The fourth-order valence-corrected chi connectivity index (χ4v) is 3.55. The lowest BCUT2D eigenvalue weighted by atomic mass is 9.92. The Morgan fingerprint density at radius 2 is 1.94 bits per heavy atom. The Balaban J connectivity index is 1.96. The predicted molar refractivity (Wildman–Crippen MR) is 66.3 cm³/mol. The van der Waals surface area contributed by atoms with E-state index < -0.39 is 5.67 Å². The minimum Gasteiger partial charge on any atom is -0.321 e. The Morgan fingerprint density at radius 1 is 1.19 bits per heavy atom. The van der Waals surface area contributed by atoms with Gasteiger partial charge >= 0.3 is 0 Å². The molecule has 1 aromatic carbocycles. The number of hydrogen-bond acceptors (Lipinski definition) is 2. The molecule has 1 saturated carbocycles. The molecule has 2 fully saturated rings. The van der Waals surface area contributed by atoms with E-state index in [9.17, 15) is 4.39 Å². The van der Waals surface area contributed by atoms with Crippen molar-refractivity contribution >= 4 is 11.8 Å². The zero-order chi connectivity index (χ0) is 11.2. The number of hydrogen-bond donors (Lipinski definition) is 1. The van der Waals surface area contributed by atoms with Gasteiger partial charge in [-0.1, -0.05) is 24.3 Å². The zero-order valence-electron chi connectivity index (χ0n) is 9.21. The van der Waals surface area contributed by atoms with Crippen molar-refractivity contribution in [2.24, 2.45) is 5.73 Å². The van der Waals surface area contributed by atoms with Crippen LogP contribution < -0.4 is 5.73 Å². The molecule has 1 aliphatic carbocycles. The van der Waals surface area contributed by atoms with E-state index in [1.54, 1.807) is 11.8 Å². The fourth-order valence-electron chi connectivity index (χ4n) is 2.30. The molecular weight excluding hydrogens is 221 g/mol. The largest absolute Gasteiger partial charge is 0.321 e. The topological polar surface area (TPSA) is 26.0 Å². The quantitative estimate of drug-likeness (QED) is 0.856. The summed E-state index contributed by atoms with van der Waals surface area (Å²) in [5.74, 6) is 1.52. The van der Waals surface area contributed by atoms with Crippen LogP contribution in [0.1, 0.15) is 30.4 Å². The van der Waals surface area contributed by atoms with Gasteiger partial charge in [-0.05, 0) is 36.1 Å². The Hall–Kier alpha value is -0.540. The van der Waals surface area contributed by atoms with E-state index in [0.29, 0.717) is 12.2 Å². The van der Waals surface area contributed by atoms with E-state index in [-0.39, 0.29) is 5.54 Å². The molecule has 1 unspecified atom stereocenters. The minimum absolute atomic E-state index is 0.155. The first-order chi connectivity index (χ1) is 7.62. The lowest BCUT2D eigenvalue weighted by Gasteiger charge is -2.20. The third kappa shape index (κ3) is 1.66. The first-order valence-electron chi connectivity index (χ1n) is 5.79. The molecule has 1 aliphatic heterocycles. The van der Waals surface area contributed by atoms with Gasteiger partial charge in [0.05, 0.1) is 0 Å². The molecule has 2 aliphatic rings. The van der Waals surface area contributed by atoms with Crippen LogP contribution in [0.2, 0.25) is 0 Å². The van der Waals surface area contributed by atoms with Crippen molar-refractivity contribution in [3.63, 3.8) is 0 Å². The summed E-state index contributed by atoms with van der Waals surface area (Å²) in [6.07, 6.45) is 2.70. The van der Waals surface area contributed by atoms with Crippen LogP contribution in [0.4, 0.5) is 4.39 Å². The van der Waals surface area contributed by atoms with Gasteiger partial charge in [-0.3, -0.25) is 0 Å². The van der Waals surface area contributed by atoms with Gasteiger partial charge in [0.2, 0.25) is 0 Å². The number of rotatable bonds is 2. The van der Waals surface area contributed by atoms with Crippen molar-refractivity contribution in [2.75, 3.05) is 11.5 Å². The minimum atomic E-state index is -1.12. The molecule has 1 heterocycles. The second-order valence-corrected chi connectivity index (χ2v) is 6.11. The Labute approximate surface area is 99.6 Å². The van der Waals surface area contributed by atoms with Gasteiger partial charge < -0.3 is 5.73 Å². The summed E-state index contributed by atoms with van der Waals surface area (Å²) in [4.78, 5) is 0. The maximum Gasteiger partial charge on any atom is 0.145 e. The van der Waals surface area contributed by atoms with Gasteiger partial charge in [0, 0.05) is 11.3 Å². The lowest BCUT2D eigenvalue weighted by Crippen LogP contribution is -2.22. The molecular formula is C13H16FNS. The fraction of sp³-hybridized carbons (Fsp3) is 0.538. The first kappa shape index (κ1) is 10.6. The van der Waals surface area contributed by atoms with Crippen molar-refractivity contribution in [3.05, 3.63) is 35.4 Å². The molecule has 0 aromatic heterocycles. The SMILES string of the molecule is NC1(c2cccc(C3(F)CCSC3)c2)CC1. The Kier molecular flexibility index (Phi) is 2.30. The van der Waals surface area contributed by atoms with Crippen LogP contribution in [0.25, 0.3) is 0 Å². The molecule has 3 heteroatoms. The smallest absolute Gasteiger partial charge is 0.145 e. The molecule has 3 rings (SSSR count). The molecule has 1 aromatic rings. The highest BCUT2D eigenvalue weighted by Crippen LogP contribution is 2.45. The van der Waals surface area contributed by atoms with Gasteiger partial charge in [-0.2, -0.15) is 11.8 Å². The highest BCUT2D eigenvalue weighted by Gasteiger charge is 2.42. The van der Waals surface area contributed by atoms with Crippen molar-refractivity contribution < 1.29 is 4.39 Å². The Bertz CT molecular complexity index is 408. The van der Waals surface area contributed by atoms with Crippen LogP contribution in [-0.2, 0) is 11.2 Å². The van der Waals surface area contributed by atoms with E-state index in [0.717, 1.165) is 29.7 Å². The van der Waals surface area contributed by atoms with Crippen molar-refractivity contribution in [1.82, 2.24) is 0 Å². The lowest BCUT2D eigenvalue weighted by molar-refractivity contribution is 0.202. The number of nitrogens with two attached hydrogens (primary N) is 1. The summed E-state index contributed by atoms with van der Waals surface area (Å²) in [5, 5.41) is 0. The summed E-state index contributed by atoms with van der Waals surface area (Å²) in [5.41, 5.74) is 6.81. The highest BCUT2D eigenvalue weighted by molar-refractivity contribution is 7.99. The highest BCUT2D eigenvalue weighted by atomic mass is 32.2. The van der Waals surface area contributed by atoms with Gasteiger partial charge in [0.15, 0.2) is 0 Å². The average Bonchev–Trinajstić information content (AvgIpc) is 2.89. The van der Waals surface area contributed by atoms with Gasteiger partial charge in [0.25, 0.3) is 0 Å². The van der Waals surface area contributed by atoms with Crippen LogP contribution >= 0.6 is 11.8 Å². The summed E-state index contributed by atoms with van der Waals surface area (Å²) in [6, 6.07) is 7.86. The maximum atomic E-state index is 14.6. The Morgan fingerprint density at radius 3 is 2.56 bits per heavy atom. The molecule has 1 nitrogen and oxygen atoms in total. The van der Waals surface area contributed by atoms with Crippen molar-refractivity contribution in [3.8, 4) is 0 Å². The normalized spacial score (nSPS) is 31.6. The number of benzene rings is 1. The van der Waals surface area contributed by atoms with E-state index in [4.69, 9.17) is 5.73 Å². The first-order valence-corrected chi connectivity index (χ1v) is 6.95.